The normalized spacial score (nSPS) is 19.3. The number of hydrogen-bond acceptors (Lipinski definition) is 5. The second kappa shape index (κ2) is 6.76. The molecule has 2 N–H and O–H groups in total. The van der Waals surface area contributed by atoms with Gasteiger partial charge in [-0.25, -0.2) is 8.42 Å². The highest BCUT2D eigenvalue weighted by Gasteiger charge is 2.37. The van der Waals surface area contributed by atoms with Crippen molar-refractivity contribution < 1.29 is 22.7 Å². The molecule has 1 aliphatic heterocycles. The zero-order chi connectivity index (χ0) is 17.2. The zero-order valence-corrected chi connectivity index (χ0v) is 14.4. The van der Waals surface area contributed by atoms with E-state index in [4.69, 9.17) is 15.2 Å². The van der Waals surface area contributed by atoms with Crippen LogP contribution in [-0.4, -0.2) is 45.4 Å². The number of benzene rings is 1. The van der Waals surface area contributed by atoms with Crippen LogP contribution in [0.5, 0.6) is 11.5 Å². The van der Waals surface area contributed by atoms with Crippen molar-refractivity contribution in [3.63, 3.8) is 0 Å². The van der Waals surface area contributed by atoms with E-state index in [1.165, 1.54) is 24.6 Å². The Morgan fingerprint density at radius 2 is 1.83 bits per heavy atom. The fourth-order valence-corrected chi connectivity index (χ4v) is 4.73. The van der Waals surface area contributed by atoms with Crippen molar-refractivity contribution >= 4 is 15.9 Å². The summed E-state index contributed by atoms with van der Waals surface area (Å²) in [6.45, 7) is 1.96. The van der Waals surface area contributed by atoms with Crippen LogP contribution in [0.1, 0.15) is 24.8 Å². The molecule has 8 heteroatoms. The number of carbonyl (C=O) groups is 1. The van der Waals surface area contributed by atoms with Gasteiger partial charge in [-0.15, -0.1) is 0 Å². The van der Waals surface area contributed by atoms with Crippen molar-refractivity contribution in [2.45, 2.75) is 37.1 Å². The Balaban J connectivity index is 2.52. The van der Waals surface area contributed by atoms with Crippen LogP contribution in [0.15, 0.2) is 17.0 Å². The van der Waals surface area contributed by atoms with Crippen molar-refractivity contribution in [1.29, 1.82) is 0 Å². The van der Waals surface area contributed by atoms with Gasteiger partial charge in [0, 0.05) is 12.6 Å². The van der Waals surface area contributed by atoms with E-state index >= 15 is 0 Å². The summed E-state index contributed by atoms with van der Waals surface area (Å²) in [4.78, 5) is 11.7. The largest absolute Gasteiger partial charge is 0.493 e. The highest BCUT2D eigenvalue weighted by molar-refractivity contribution is 7.89. The number of methoxy groups -OCH3 is 2. The fraction of sp³-hybridized carbons (Fsp3) is 0.533. The molecular weight excluding hydrogens is 320 g/mol. The van der Waals surface area contributed by atoms with Gasteiger partial charge in [-0.05, 0) is 31.4 Å². The van der Waals surface area contributed by atoms with E-state index in [1.54, 1.807) is 13.0 Å². The van der Waals surface area contributed by atoms with E-state index in [2.05, 4.69) is 0 Å². The molecule has 128 valence electrons. The van der Waals surface area contributed by atoms with Gasteiger partial charge in [-0.2, -0.15) is 4.31 Å². The van der Waals surface area contributed by atoms with Gasteiger partial charge in [0.2, 0.25) is 15.9 Å². The highest BCUT2D eigenvalue weighted by Crippen LogP contribution is 2.35. The van der Waals surface area contributed by atoms with Gasteiger partial charge in [0.25, 0.3) is 0 Å². The summed E-state index contributed by atoms with van der Waals surface area (Å²) < 4.78 is 37.6. The number of amides is 1. The molecule has 0 bridgehead atoms. The number of nitrogens with zero attached hydrogens (tertiary/aromatic N) is 1. The van der Waals surface area contributed by atoms with Gasteiger partial charge >= 0.3 is 0 Å². The molecule has 0 aliphatic carbocycles. The first-order valence-electron chi connectivity index (χ1n) is 7.36. The lowest BCUT2D eigenvalue weighted by molar-refractivity contribution is -0.122. The van der Waals surface area contributed by atoms with E-state index in [0.717, 1.165) is 6.42 Å². The van der Waals surface area contributed by atoms with Crippen LogP contribution in [0.4, 0.5) is 0 Å². The van der Waals surface area contributed by atoms with Crippen LogP contribution < -0.4 is 15.2 Å². The smallest absolute Gasteiger partial charge is 0.244 e. The van der Waals surface area contributed by atoms with Gasteiger partial charge in [-0.3, -0.25) is 4.79 Å². The summed E-state index contributed by atoms with van der Waals surface area (Å²) in [6, 6.07) is 2.23. The van der Waals surface area contributed by atoms with Crippen LogP contribution in [0, 0.1) is 6.92 Å². The van der Waals surface area contributed by atoms with Crippen molar-refractivity contribution in [3.8, 4) is 11.5 Å². The zero-order valence-electron chi connectivity index (χ0n) is 13.5. The number of rotatable bonds is 5. The van der Waals surface area contributed by atoms with Gasteiger partial charge < -0.3 is 15.2 Å². The average molecular weight is 342 g/mol. The Morgan fingerprint density at radius 1 is 1.22 bits per heavy atom. The maximum absolute atomic E-state index is 13.0. The lowest BCUT2D eigenvalue weighted by Gasteiger charge is -2.33. The topological polar surface area (TPSA) is 98.9 Å². The molecule has 7 nitrogen and oxygen atoms in total. The summed E-state index contributed by atoms with van der Waals surface area (Å²) >= 11 is 0. The number of hydrogen-bond donors (Lipinski definition) is 1. The summed E-state index contributed by atoms with van der Waals surface area (Å²) in [5.41, 5.74) is 5.91. The maximum atomic E-state index is 13.0. The second-order valence-electron chi connectivity index (χ2n) is 5.50. The second-order valence-corrected chi connectivity index (χ2v) is 7.36. The molecule has 1 amide bonds. The Hall–Kier alpha value is -1.80. The highest BCUT2D eigenvalue weighted by atomic mass is 32.2. The summed E-state index contributed by atoms with van der Waals surface area (Å²) in [5.74, 6) is 0.157. The standard InChI is InChI=1S/C15H22N2O5S/c1-10-8-12(21-2)13(22-3)9-14(10)23(19,20)17-7-5-4-6-11(17)15(16)18/h8-9,11H,4-7H2,1-3H3,(H2,16,18)/t11-/m0/s1. The maximum Gasteiger partial charge on any atom is 0.244 e. The van der Waals surface area contributed by atoms with Crippen LogP contribution in [0.2, 0.25) is 0 Å². The SMILES string of the molecule is COc1cc(C)c(S(=O)(=O)N2CCCC[C@H]2C(N)=O)cc1OC. The summed E-state index contributed by atoms with van der Waals surface area (Å²) in [7, 11) is -0.921. The molecule has 23 heavy (non-hydrogen) atoms. The third kappa shape index (κ3) is 3.28. The van der Waals surface area contributed by atoms with Gasteiger partial charge in [0.1, 0.15) is 6.04 Å². The molecule has 1 atom stereocenters. The van der Waals surface area contributed by atoms with E-state index in [-0.39, 0.29) is 11.4 Å². The number of aryl methyl sites for hydroxylation is 1. The van der Waals surface area contributed by atoms with Crippen molar-refractivity contribution in [3.05, 3.63) is 17.7 Å². The summed E-state index contributed by atoms with van der Waals surface area (Å²) in [5, 5.41) is 0. The quantitative estimate of drug-likeness (QED) is 0.862. The van der Waals surface area contributed by atoms with Crippen LogP contribution in [0.25, 0.3) is 0 Å². The van der Waals surface area contributed by atoms with Crippen LogP contribution in [0.3, 0.4) is 0 Å². The molecule has 0 spiro atoms. The van der Waals surface area contributed by atoms with E-state index in [9.17, 15) is 13.2 Å². The van der Waals surface area contributed by atoms with E-state index in [0.29, 0.717) is 29.9 Å². The molecule has 1 aromatic rings. The molecule has 0 saturated carbocycles. The monoisotopic (exact) mass is 342 g/mol. The Morgan fingerprint density at radius 3 is 2.39 bits per heavy atom. The number of ether oxygens (including phenoxy) is 2. The molecule has 0 radical (unpaired) electrons. The molecule has 2 rings (SSSR count). The molecular formula is C15H22N2O5S. The van der Waals surface area contributed by atoms with Crippen LogP contribution in [-0.2, 0) is 14.8 Å². The molecule has 1 fully saturated rings. The molecule has 1 saturated heterocycles. The predicted octanol–water partition coefficient (Wildman–Crippen LogP) is 1.04. The fourth-order valence-electron chi connectivity index (χ4n) is 2.84. The first-order valence-corrected chi connectivity index (χ1v) is 8.80. The lowest BCUT2D eigenvalue weighted by atomic mass is 10.0. The molecule has 0 aromatic heterocycles. The number of piperidine rings is 1. The van der Waals surface area contributed by atoms with Crippen molar-refractivity contribution in [1.82, 2.24) is 4.31 Å². The third-order valence-corrected chi connectivity index (χ3v) is 6.10. The lowest BCUT2D eigenvalue weighted by Crippen LogP contribution is -2.50. The first-order chi connectivity index (χ1) is 10.8. The molecule has 1 aromatic carbocycles. The number of primary amides is 1. The minimum absolute atomic E-state index is 0.100. The Bertz CT molecular complexity index is 702. The van der Waals surface area contributed by atoms with E-state index in [1.807, 2.05) is 0 Å². The number of nitrogens with two attached hydrogens (primary N) is 1. The van der Waals surface area contributed by atoms with Crippen LogP contribution >= 0.6 is 0 Å². The van der Waals surface area contributed by atoms with Gasteiger partial charge in [-0.1, -0.05) is 6.42 Å². The minimum Gasteiger partial charge on any atom is -0.493 e. The summed E-state index contributed by atoms with van der Waals surface area (Å²) in [6.07, 6.45) is 1.93. The van der Waals surface area contributed by atoms with E-state index < -0.39 is 22.0 Å². The van der Waals surface area contributed by atoms with Gasteiger partial charge in [0.15, 0.2) is 11.5 Å². The van der Waals surface area contributed by atoms with Crippen molar-refractivity contribution in [2.75, 3.05) is 20.8 Å². The molecule has 0 unspecified atom stereocenters. The Kier molecular flexibility index (Phi) is 5.16. The first kappa shape index (κ1) is 17.6. The van der Waals surface area contributed by atoms with Gasteiger partial charge in [0.05, 0.1) is 19.1 Å². The Labute approximate surface area is 136 Å². The minimum atomic E-state index is -3.85. The average Bonchev–Trinajstić information content (AvgIpc) is 2.54. The number of sulfonamides is 1. The predicted molar refractivity (Wildman–Crippen MR) is 85.0 cm³/mol. The number of carbonyl (C=O) groups excluding carboxylic acids is 1. The van der Waals surface area contributed by atoms with Crippen molar-refractivity contribution in [2.24, 2.45) is 5.73 Å². The molecule has 1 heterocycles. The third-order valence-electron chi connectivity index (χ3n) is 4.05. The molecule has 1 aliphatic rings.